The van der Waals surface area contributed by atoms with Crippen molar-refractivity contribution in [3.8, 4) is 17.2 Å². The molecule has 6 nitrogen and oxygen atoms in total. The van der Waals surface area contributed by atoms with Crippen LogP contribution in [-0.2, 0) is 24.2 Å². The van der Waals surface area contributed by atoms with Crippen molar-refractivity contribution in [2.24, 2.45) is 11.1 Å². The van der Waals surface area contributed by atoms with Crippen LogP contribution in [-0.4, -0.2) is 31.8 Å². The van der Waals surface area contributed by atoms with Crippen LogP contribution in [0.1, 0.15) is 76.1 Å². The van der Waals surface area contributed by atoms with Crippen LogP contribution < -0.4 is 24.8 Å². The van der Waals surface area contributed by atoms with Gasteiger partial charge in [0.25, 0.3) is 0 Å². The summed E-state index contributed by atoms with van der Waals surface area (Å²) in [6.07, 6.45) is 2.92. The van der Waals surface area contributed by atoms with Gasteiger partial charge in [0.15, 0.2) is 0 Å². The summed E-state index contributed by atoms with van der Waals surface area (Å²) in [5.74, 6) is 2.49. The zero-order valence-corrected chi connectivity index (χ0v) is 25.8. The van der Waals surface area contributed by atoms with Gasteiger partial charge >= 0.3 is 5.97 Å². The van der Waals surface area contributed by atoms with Crippen LogP contribution in [0.25, 0.3) is 0 Å². The van der Waals surface area contributed by atoms with Crippen LogP contribution in [0.15, 0.2) is 60.7 Å². The van der Waals surface area contributed by atoms with E-state index in [2.05, 4.69) is 48.2 Å². The van der Waals surface area contributed by atoms with Crippen molar-refractivity contribution >= 4 is 11.7 Å². The summed E-state index contributed by atoms with van der Waals surface area (Å²) in [7, 11) is 1.72. The molecule has 1 aliphatic carbocycles. The molecule has 0 aliphatic heterocycles. The van der Waals surface area contributed by atoms with E-state index in [-0.39, 0.29) is 11.5 Å². The van der Waals surface area contributed by atoms with E-state index in [1.807, 2.05) is 58.9 Å². The molecule has 0 fully saturated rings. The number of hydrogen-bond acceptors (Lipinski definition) is 6. The van der Waals surface area contributed by atoms with Gasteiger partial charge in [-0.25, -0.2) is 0 Å². The number of carbonyl (C=O) groups is 1. The first-order valence-electron chi connectivity index (χ1n) is 14.6. The summed E-state index contributed by atoms with van der Waals surface area (Å²) < 4.78 is 17.2. The minimum atomic E-state index is -0.533. The number of aryl methyl sites for hydroxylation is 1. The predicted octanol–water partition coefficient (Wildman–Crippen LogP) is 7.06. The van der Waals surface area contributed by atoms with Gasteiger partial charge in [0.05, 0.1) is 12.5 Å². The summed E-state index contributed by atoms with van der Waals surface area (Å²) in [6, 6.07) is 20.9. The second-order valence-corrected chi connectivity index (χ2v) is 12.9. The highest BCUT2D eigenvalue weighted by Gasteiger charge is 2.27. The SMILES string of the molecule is CCN(Cc1ccc(OCC(C)(C)N)cc1)c1cc(OC)ccc1C1CCc2cc(OC(=O)C(C)(C)C)ccc2C1. The Morgan fingerprint density at radius 3 is 2.24 bits per heavy atom. The molecule has 0 radical (unpaired) electrons. The summed E-state index contributed by atoms with van der Waals surface area (Å²) in [5, 5.41) is 0. The van der Waals surface area contributed by atoms with E-state index in [0.717, 1.165) is 43.9 Å². The molecule has 0 aromatic heterocycles. The van der Waals surface area contributed by atoms with Crippen molar-refractivity contribution < 1.29 is 19.0 Å². The second-order valence-electron chi connectivity index (χ2n) is 12.9. The van der Waals surface area contributed by atoms with Crippen LogP contribution in [0.5, 0.6) is 17.2 Å². The maximum absolute atomic E-state index is 12.4. The molecule has 0 saturated heterocycles. The van der Waals surface area contributed by atoms with Crippen LogP contribution in [0, 0.1) is 5.41 Å². The molecule has 0 amide bonds. The first-order chi connectivity index (χ1) is 19.4. The molecule has 4 rings (SSSR count). The lowest BCUT2D eigenvalue weighted by atomic mass is 9.79. The lowest BCUT2D eigenvalue weighted by Crippen LogP contribution is -2.38. The Hall–Kier alpha value is -3.51. The van der Waals surface area contributed by atoms with Gasteiger partial charge in [-0.1, -0.05) is 24.3 Å². The number of nitrogens with two attached hydrogens (primary N) is 1. The maximum Gasteiger partial charge on any atom is 0.316 e. The van der Waals surface area contributed by atoms with Crippen LogP contribution in [0.2, 0.25) is 0 Å². The molecule has 0 heterocycles. The van der Waals surface area contributed by atoms with Crippen LogP contribution in [0.4, 0.5) is 5.69 Å². The standard InChI is InChI=1S/C35H46N2O4/c1-8-37(22-24-9-14-28(15-10-24)40-23-35(5,6)36)32-21-29(39-7)17-18-31(32)27-12-11-26-20-30(16-13-25(26)19-27)41-33(38)34(2,3)4/h9-10,13-18,20-21,27H,8,11-12,19,22-23,36H2,1-7H3. The minimum Gasteiger partial charge on any atom is -0.497 e. The Morgan fingerprint density at radius 2 is 1.61 bits per heavy atom. The lowest BCUT2D eigenvalue weighted by Gasteiger charge is -2.32. The number of benzene rings is 3. The third-order valence-electron chi connectivity index (χ3n) is 7.54. The molecule has 2 N–H and O–H groups in total. The summed E-state index contributed by atoms with van der Waals surface area (Å²) in [5.41, 5.74) is 11.5. The van der Waals surface area contributed by atoms with Crippen LogP contribution >= 0.6 is 0 Å². The minimum absolute atomic E-state index is 0.213. The van der Waals surface area contributed by atoms with Crippen molar-refractivity contribution in [2.45, 2.75) is 78.8 Å². The smallest absolute Gasteiger partial charge is 0.316 e. The average Bonchev–Trinajstić information content (AvgIpc) is 2.94. The third kappa shape index (κ3) is 8.04. The maximum atomic E-state index is 12.4. The number of rotatable bonds is 10. The highest BCUT2D eigenvalue weighted by Crippen LogP contribution is 2.40. The number of nitrogens with zero attached hydrogens (tertiary/aromatic N) is 1. The van der Waals surface area contributed by atoms with Gasteiger partial charge in [-0.3, -0.25) is 4.79 Å². The zero-order chi connectivity index (χ0) is 29.8. The molecule has 1 unspecified atom stereocenters. The highest BCUT2D eigenvalue weighted by molar-refractivity contribution is 5.78. The van der Waals surface area contributed by atoms with E-state index in [9.17, 15) is 4.79 Å². The molecule has 1 atom stereocenters. The molecular formula is C35H46N2O4. The van der Waals surface area contributed by atoms with Crippen molar-refractivity contribution in [3.05, 3.63) is 82.9 Å². The molecule has 1 aliphatic rings. The molecule has 0 bridgehead atoms. The number of methoxy groups -OCH3 is 1. The van der Waals surface area contributed by atoms with Gasteiger partial charge in [0.2, 0.25) is 0 Å². The first kappa shape index (κ1) is 30.4. The van der Waals surface area contributed by atoms with Crippen molar-refractivity contribution in [1.29, 1.82) is 0 Å². The predicted molar refractivity (Wildman–Crippen MR) is 166 cm³/mol. The number of hydrogen-bond donors (Lipinski definition) is 1. The molecule has 6 heteroatoms. The second kappa shape index (κ2) is 12.6. The summed E-state index contributed by atoms with van der Waals surface area (Å²) in [6.45, 7) is 13.8. The number of carbonyl (C=O) groups excluding carboxylic acids is 1. The quantitative estimate of drug-likeness (QED) is 0.212. The fourth-order valence-corrected chi connectivity index (χ4v) is 5.14. The number of esters is 1. The third-order valence-corrected chi connectivity index (χ3v) is 7.54. The first-order valence-corrected chi connectivity index (χ1v) is 14.6. The monoisotopic (exact) mass is 558 g/mol. The lowest BCUT2D eigenvalue weighted by molar-refractivity contribution is -0.143. The van der Waals surface area contributed by atoms with Gasteiger partial charge in [-0.05, 0) is 119 Å². The largest absolute Gasteiger partial charge is 0.497 e. The van der Waals surface area contributed by atoms with Crippen molar-refractivity contribution in [2.75, 3.05) is 25.2 Å². The van der Waals surface area contributed by atoms with Gasteiger partial charge in [-0.2, -0.15) is 0 Å². The summed E-state index contributed by atoms with van der Waals surface area (Å²) in [4.78, 5) is 14.8. The van der Waals surface area contributed by atoms with E-state index in [1.165, 1.54) is 27.9 Å². The Kier molecular flexibility index (Phi) is 9.33. The van der Waals surface area contributed by atoms with Gasteiger partial charge < -0.3 is 24.8 Å². The zero-order valence-electron chi connectivity index (χ0n) is 25.8. The number of fused-ring (bicyclic) bond motifs is 1. The molecule has 0 spiro atoms. The Labute approximate surface area is 245 Å². The van der Waals surface area contributed by atoms with E-state index >= 15 is 0 Å². The average molecular weight is 559 g/mol. The van der Waals surface area contributed by atoms with Gasteiger partial charge in [0.1, 0.15) is 23.9 Å². The van der Waals surface area contributed by atoms with Crippen LogP contribution in [0.3, 0.4) is 0 Å². The van der Waals surface area contributed by atoms with Gasteiger partial charge in [0, 0.05) is 30.4 Å². The highest BCUT2D eigenvalue weighted by atomic mass is 16.5. The van der Waals surface area contributed by atoms with E-state index < -0.39 is 5.41 Å². The topological polar surface area (TPSA) is 74.0 Å². The normalized spacial score (nSPS) is 15.2. The van der Waals surface area contributed by atoms with Gasteiger partial charge in [-0.15, -0.1) is 0 Å². The van der Waals surface area contributed by atoms with E-state index in [4.69, 9.17) is 19.9 Å². The number of anilines is 1. The fraction of sp³-hybridized carbons (Fsp3) is 0.457. The molecule has 0 saturated carbocycles. The van der Waals surface area contributed by atoms with E-state index in [1.54, 1.807) is 7.11 Å². The Bertz CT molecular complexity index is 1340. The molecule has 41 heavy (non-hydrogen) atoms. The molecular weight excluding hydrogens is 512 g/mol. The fourth-order valence-electron chi connectivity index (χ4n) is 5.14. The Balaban J connectivity index is 1.53. The number of ether oxygens (including phenoxy) is 3. The molecule has 3 aromatic rings. The summed E-state index contributed by atoms with van der Waals surface area (Å²) >= 11 is 0. The molecule has 220 valence electrons. The van der Waals surface area contributed by atoms with Crippen molar-refractivity contribution in [1.82, 2.24) is 0 Å². The molecule has 3 aromatic carbocycles. The Morgan fingerprint density at radius 1 is 0.927 bits per heavy atom. The van der Waals surface area contributed by atoms with E-state index in [0.29, 0.717) is 18.3 Å². The van der Waals surface area contributed by atoms with Crippen molar-refractivity contribution in [3.63, 3.8) is 0 Å².